The van der Waals surface area contributed by atoms with Gasteiger partial charge < -0.3 is 0 Å². The van der Waals surface area contributed by atoms with Crippen molar-refractivity contribution in [3.8, 4) is 0 Å². The van der Waals surface area contributed by atoms with Crippen molar-refractivity contribution >= 4 is 8.07 Å². The Morgan fingerprint density at radius 1 is 0.706 bits per heavy atom. The van der Waals surface area contributed by atoms with Gasteiger partial charge >= 0.3 is 0 Å². The third kappa shape index (κ3) is 2.97. The molecule has 1 rings (SSSR count). The van der Waals surface area contributed by atoms with Crippen LogP contribution in [-0.4, -0.2) is 8.07 Å². The molecular weight excluding hydrogens is 220 g/mol. The number of rotatable bonds is 1. The fourth-order valence-corrected chi connectivity index (χ4v) is 10.5. The highest BCUT2D eigenvalue weighted by molar-refractivity contribution is 6.85. The maximum atomic E-state index is 2.70. The summed E-state index contributed by atoms with van der Waals surface area (Å²) in [4.78, 5) is 0. The minimum Gasteiger partial charge on any atom is -0.0682 e. The first kappa shape index (κ1) is 15.3. The summed E-state index contributed by atoms with van der Waals surface area (Å²) < 4.78 is 0. The molecule has 0 amide bonds. The van der Waals surface area contributed by atoms with E-state index < -0.39 is 8.07 Å². The van der Waals surface area contributed by atoms with Gasteiger partial charge in [0.05, 0.1) is 8.07 Å². The summed E-state index contributed by atoms with van der Waals surface area (Å²) in [6, 6.07) is 0. The van der Waals surface area contributed by atoms with Crippen LogP contribution in [0.4, 0.5) is 0 Å². The average Bonchev–Trinajstić information content (AvgIpc) is 2.40. The van der Waals surface area contributed by atoms with E-state index in [1.165, 1.54) is 38.5 Å². The fourth-order valence-electron chi connectivity index (χ4n) is 4.21. The average molecular weight is 255 g/mol. The molecule has 0 aliphatic heterocycles. The lowest BCUT2D eigenvalue weighted by Gasteiger charge is -2.54. The molecule has 0 aromatic rings. The molecule has 0 unspecified atom stereocenters. The van der Waals surface area contributed by atoms with Gasteiger partial charge in [0.25, 0.3) is 0 Å². The third-order valence-electron chi connectivity index (χ3n) is 5.79. The van der Waals surface area contributed by atoms with Crippen molar-refractivity contribution in [1.29, 1.82) is 0 Å². The molecule has 0 aromatic carbocycles. The van der Waals surface area contributed by atoms with Crippen molar-refractivity contribution in [2.45, 2.75) is 102 Å². The van der Waals surface area contributed by atoms with E-state index in [1.54, 1.807) is 0 Å². The predicted octanol–water partition coefficient (Wildman–Crippen LogP) is 6.39. The van der Waals surface area contributed by atoms with Crippen LogP contribution in [0.5, 0.6) is 0 Å². The highest BCUT2D eigenvalue weighted by Crippen LogP contribution is 2.59. The number of hydrogen-bond acceptors (Lipinski definition) is 0. The molecule has 0 atom stereocenters. The van der Waals surface area contributed by atoms with E-state index >= 15 is 0 Å². The molecule has 0 bridgehead atoms. The van der Waals surface area contributed by atoms with Crippen LogP contribution in [0.3, 0.4) is 0 Å². The summed E-state index contributed by atoms with van der Waals surface area (Å²) in [5.41, 5.74) is 1.05. The van der Waals surface area contributed by atoms with Gasteiger partial charge in [-0.15, -0.1) is 0 Å². The van der Waals surface area contributed by atoms with Gasteiger partial charge in [0.2, 0.25) is 0 Å². The molecule has 1 aliphatic rings. The van der Waals surface area contributed by atoms with Crippen molar-refractivity contribution in [3.63, 3.8) is 0 Å². The van der Waals surface area contributed by atoms with E-state index in [-0.39, 0.29) is 0 Å². The van der Waals surface area contributed by atoms with Crippen LogP contribution in [0.15, 0.2) is 0 Å². The second-order valence-electron chi connectivity index (χ2n) is 8.39. The molecule has 1 heteroatoms. The van der Waals surface area contributed by atoms with Crippen LogP contribution in [-0.2, 0) is 0 Å². The van der Waals surface area contributed by atoms with Crippen LogP contribution in [0.2, 0.25) is 22.2 Å². The summed E-state index contributed by atoms with van der Waals surface area (Å²) >= 11 is 0. The van der Waals surface area contributed by atoms with E-state index in [0.29, 0.717) is 10.1 Å². The van der Waals surface area contributed by atoms with Crippen LogP contribution < -0.4 is 0 Å². The van der Waals surface area contributed by atoms with Gasteiger partial charge in [-0.25, -0.2) is 0 Å². The van der Waals surface area contributed by atoms with Crippen molar-refractivity contribution in [2.24, 2.45) is 0 Å². The van der Waals surface area contributed by atoms with E-state index in [1.807, 2.05) is 0 Å². The summed E-state index contributed by atoms with van der Waals surface area (Å²) in [5.74, 6) is 0. The first-order valence-corrected chi connectivity index (χ1v) is 10.2. The van der Waals surface area contributed by atoms with Gasteiger partial charge in [-0.3, -0.25) is 0 Å². The molecule has 0 aromatic heterocycles. The van der Waals surface area contributed by atoms with Crippen molar-refractivity contribution < 1.29 is 0 Å². The topological polar surface area (TPSA) is 0 Å². The number of hydrogen-bond donors (Lipinski definition) is 0. The molecule has 0 heterocycles. The van der Waals surface area contributed by atoms with Gasteiger partial charge in [0.15, 0.2) is 0 Å². The Labute approximate surface area is 111 Å². The first-order valence-electron chi connectivity index (χ1n) is 7.61. The maximum absolute atomic E-state index is 2.70. The Hall–Kier alpha value is 0.217. The minimum atomic E-state index is -1.28. The largest absolute Gasteiger partial charge is 0.0682 e. The fraction of sp³-hybridized carbons (Fsp3) is 1.00. The van der Waals surface area contributed by atoms with E-state index in [9.17, 15) is 0 Å². The Kier molecular flexibility index (Phi) is 4.55. The van der Waals surface area contributed by atoms with E-state index in [2.05, 4.69) is 48.1 Å². The zero-order valence-electron chi connectivity index (χ0n) is 13.3. The molecule has 1 saturated carbocycles. The molecule has 1 aliphatic carbocycles. The van der Waals surface area contributed by atoms with Gasteiger partial charge in [-0.1, -0.05) is 86.6 Å². The molecule has 0 N–H and O–H groups in total. The quantitative estimate of drug-likeness (QED) is 0.376. The molecule has 0 saturated heterocycles. The van der Waals surface area contributed by atoms with Crippen molar-refractivity contribution in [2.75, 3.05) is 0 Å². The van der Waals surface area contributed by atoms with Crippen LogP contribution in [0.1, 0.15) is 80.1 Å². The summed E-state index contributed by atoms with van der Waals surface area (Å²) in [6.07, 6.45) is 8.96. The molecule has 0 radical (unpaired) electrons. The van der Waals surface area contributed by atoms with Gasteiger partial charge in [-0.2, -0.15) is 0 Å². The zero-order chi connectivity index (χ0) is 13.3. The van der Waals surface area contributed by atoms with Gasteiger partial charge in [0, 0.05) is 0 Å². The SMILES string of the molecule is CC(C)(C)[Si](C)(C1CCCCCC1)C(C)(C)C. The van der Waals surface area contributed by atoms with E-state index in [0.717, 1.165) is 5.54 Å². The minimum absolute atomic E-state index is 0.528. The standard InChI is InChI=1S/C16H34Si/c1-15(2,3)17(7,16(4,5)6)14-12-10-8-9-11-13-14/h14H,8-13H2,1-7H3. The van der Waals surface area contributed by atoms with Crippen molar-refractivity contribution in [3.05, 3.63) is 0 Å². The second kappa shape index (κ2) is 5.07. The zero-order valence-corrected chi connectivity index (χ0v) is 14.3. The lowest BCUT2D eigenvalue weighted by atomic mass is 10.2. The van der Waals surface area contributed by atoms with Crippen LogP contribution >= 0.6 is 0 Å². The van der Waals surface area contributed by atoms with Gasteiger partial charge in [0.1, 0.15) is 0 Å². The maximum Gasteiger partial charge on any atom is 0.0643 e. The summed E-state index contributed by atoms with van der Waals surface area (Å²) in [7, 11) is -1.28. The predicted molar refractivity (Wildman–Crippen MR) is 82.5 cm³/mol. The normalized spacial score (nSPS) is 21.4. The Balaban J connectivity index is 3.05. The Morgan fingerprint density at radius 2 is 1.06 bits per heavy atom. The molecule has 17 heavy (non-hydrogen) atoms. The Bertz CT molecular complexity index is 219. The third-order valence-corrected chi connectivity index (χ3v) is 14.2. The van der Waals surface area contributed by atoms with Crippen LogP contribution in [0.25, 0.3) is 0 Å². The monoisotopic (exact) mass is 254 g/mol. The Morgan fingerprint density at radius 3 is 1.35 bits per heavy atom. The second-order valence-corrected chi connectivity index (χ2v) is 14.6. The molecule has 0 nitrogen and oxygen atoms in total. The first-order chi connectivity index (χ1) is 7.61. The molecule has 1 fully saturated rings. The van der Waals surface area contributed by atoms with Gasteiger partial charge in [-0.05, 0) is 15.6 Å². The molecule has 0 spiro atoms. The highest BCUT2D eigenvalue weighted by atomic mass is 28.3. The smallest absolute Gasteiger partial charge is 0.0643 e. The van der Waals surface area contributed by atoms with Crippen molar-refractivity contribution in [1.82, 2.24) is 0 Å². The highest BCUT2D eigenvalue weighted by Gasteiger charge is 2.52. The lowest BCUT2D eigenvalue weighted by molar-refractivity contribution is 0.545. The molecule has 102 valence electrons. The molecular formula is C16H34Si. The van der Waals surface area contributed by atoms with E-state index in [4.69, 9.17) is 0 Å². The summed E-state index contributed by atoms with van der Waals surface area (Å²) in [5, 5.41) is 1.06. The lowest BCUT2D eigenvalue weighted by Crippen LogP contribution is -2.52. The summed E-state index contributed by atoms with van der Waals surface area (Å²) in [6.45, 7) is 17.8. The van der Waals surface area contributed by atoms with Crippen LogP contribution in [0, 0.1) is 0 Å².